The van der Waals surface area contributed by atoms with Crippen molar-refractivity contribution >= 4 is 27.8 Å². The van der Waals surface area contributed by atoms with Gasteiger partial charge in [0.15, 0.2) is 0 Å². The Bertz CT molecular complexity index is 1450. The van der Waals surface area contributed by atoms with Crippen molar-refractivity contribution < 1.29 is 0 Å². The summed E-state index contributed by atoms with van der Waals surface area (Å²) in [6, 6.07) is 12.1. The summed E-state index contributed by atoms with van der Waals surface area (Å²) in [5.74, 6) is 0.577. The second-order valence-electron chi connectivity index (χ2n) is 8.06. The second kappa shape index (κ2) is 7.12. The van der Waals surface area contributed by atoms with Gasteiger partial charge in [-0.25, -0.2) is 9.97 Å². The number of H-pyrrole nitrogens is 3. The monoisotopic (exact) mass is 410 g/mol. The average Bonchev–Trinajstić information content (AvgIpc) is 3.46. The van der Waals surface area contributed by atoms with Gasteiger partial charge in [-0.1, -0.05) is 0 Å². The molecule has 0 spiro atoms. The molecule has 5 heterocycles. The van der Waals surface area contributed by atoms with Crippen molar-refractivity contribution in [1.29, 1.82) is 0 Å². The molecule has 0 atom stereocenters. The summed E-state index contributed by atoms with van der Waals surface area (Å²) >= 11 is 0. The van der Waals surface area contributed by atoms with E-state index in [1.807, 2.05) is 30.5 Å². The first-order valence-electron chi connectivity index (χ1n) is 10.7. The lowest BCUT2D eigenvalue weighted by Crippen LogP contribution is -2.29. The summed E-state index contributed by atoms with van der Waals surface area (Å²) in [5, 5.41) is 1.01. The minimum atomic E-state index is -0.168. The second-order valence-corrected chi connectivity index (χ2v) is 8.06. The molecule has 154 valence electrons. The highest BCUT2D eigenvalue weighted by molar-refractivity contribution is 5.93. The molecule has 0 saturated carbocycles. The Morgan fingerprint density at radius 2 is 1.84 bits per heavy atom. The largest absolute Gasteiger partial charge is 0.371 e. The van der Waals surface area contributed by atoms with Gasteiger partial charge in [0.05, 0.1) is 16.6 Å². The zero-order chi connectivity index (χ0) is 20.8. The van der Waals surface area contributed by atoms with E-state index < -0.39 is 0 Å². The van der Waals surface area contributed by atoms with Crippen molar-refractivity contribution in [3.05, 3.63) is 65.3 Å². The van der Waals surface area contributed by atoms with Crippen LogP contribution in [0.4, 0.5) is 5.69 Å². The van der Waals surface area contributed by atoms with Crippen LogP contribution in [0.3, 0.4) is 0 Å². The van der Waals surface area contributed by atoms with Gasteiger partial charge in [-0.2, -0.15) is 0 Å². The molecule has 1 fully saturated rings. The summed E-state index contributed by atoms with van der Waals surface area (Å²) < 4.78 is 0. The van der Waals surface area contributed by atoms with Crippen molar-refractivity contribution in [2.45, 2.75) is 19.3 Å². The van der Waals surface area contributed by atoms with E-state index in [-0.39, 0.29) is 5.56 Å². The maximum absolute atomic E-state index is 12.7. The van der Waals surface area contributed by atoms with Crippen LogP contribution in [0.2, 0.25) is 0 Å². The Morgan fingerprint density at radius 3 is 2.74 bits per heavy atom. The summed E-state index contributed by atoms with van der Waals surface area (Å²) in [6.07, 6.45) is 9.15. The van der Waals surface area contributed by atoms with Crippen LogP contribution in [0.5, 0.6) is 0 Å². The molecule has 0 aliphatic carbocycles. The lowest BCUT2D eigenvalue weighted by Gasteiger charge is -2.28. The SMILES string of the molecule is O=c1[nH]cc(-c2ccnc3[nH]ccc23)cc1-c1nc2ccc(N3CCCCC3)cc2[nH]1. The van der Waals surface area contributed by atoms with Gasteiger partial charge in [-0.05, 0) is 66.8 Å². The maximum Gasteiger partial charge on any atom is 0.259 e. The third kappa shape index (κ3) is 3.09. The number of pyridine rings is 2. The van der Waals surface area contributed by atoms with Crippen molar-refractivity contribution in [1.82, 2.24) is 24.9 Å². The van der Waals surface area contributed by atoms with Gasteiger partial charge in [0, 0.05) is 42.8 Å². The number of hydrogen-bond donors (Lipinski definition) is 3. The fourth-order valence-corrected chi connectivity index (χ4v) is 4.50. The molecule has 1 aromatic carbocycles. The van der Waals surface area contributed by atoms with Crippen LogP contribution in [0, 0.1) is 0 Å². The summed E-state index contributed by atoms with van der Waals surface area (Å²) in [5.41, 5.74) is 6.10. The molecule has 7 nitrogen and oxygen atoms in total. The number of rotatable bonds is 3. The number of aromatic amines is 3. The number of piperidine rings is 1. The Balaban J connectivity index is 1.43. The van der Waals surface area contributed by atoms with Gasteiger partial charge in [0.25, 0.3) is 5.56 Å². The lowest BCUT2D eigenvalue weighted by molar-refractivity contribution is 0.578. The predicted molar refractivity (Wildman–Crippen MR) is 123 cm³/mol. The van der Waals surface area contributed by atoms with Crippen LogP contribution in [0.1, 0.15) is 19.3 Å². The first-order valence-corrected chi connectivity index (χ1v) is 10.7. The average molecular weight is 410 g/mol. The van der Waals surface area contributed by atoms with E-state index in [2.05, 4.69) is 37.0 Å². The molecule has 5 aromatic rings. The maximum atomic E-state index is 12.7. The number of nitrogens with one attached hydrogen (secondary N) is 3. The van der Waals surface area contributed by atoms with Gasteiger partial charge in [0.1, 0.15) is 11.5 Å². The highest BCUT2D eigenvalue weighted by Gasteiger charge is 2.15. The van der Waals surface area contributed by atoms with Crippen LogP contribution in [0.25, 0.3) is 44.6 Å². The van der Waals surface area contributed by atoms with Crippen molar-refractivity contribution in [2.24, 2.45) is 0 Å². The highest BCUT2D eigenvalue weighted by Crippen LogP contribution is 2.29. The normalized spacial score (nSPS) is 14.5. The molecule has 3 N–H and O–H groups in total. The van der Waals surface area contributed by atoms with Gasteiger partial charge < -0.3 is 19.9 Å². The highest BCUT2D eigenvalue weighted by atomic mass is 16.1. The summed E-state index contributed by atoms with van der Waals surface area (Å²) in [6.45, 7) is 2.18. The van der Waals surface area contributed by atoms with Crippen LogP contribution < -0.4 is 10.5 Å². The number of nitrogens with zero attached hydrogens (tertiary/aromatic N) is 3. The van der Waals surface area contributed by atoms with Crippen molar-refractivity contribution in [3.63, 3.8) is 0 Å². The molecule has 0 unspecified atom stereocenters. The fraction of sp³-hybridized carbons (Fsp3) is 0.208. The molecule has 4 aromatic heterocycles. The summed E-state index contributed by atoms with van der Waals surface area (Å²) in [7, 11) is 0. The third-order valence-electron chi connectivity index (χ3n) is 6.12. The van der Waals surface area contributed by atoms with E-state index in [0.717, 1.165) is 46.3 Å². The molecule has 6 rings (SSSR count). The van der Waals surface area contributed by atoms with E-state index in [1.165, 1.54) is 24.9 Å². The van der Waals surface area contributed by atoms with Crippen molar-refractivity contribution in [3.8, 4) is 22.5 Å². The van der Waals surface area contributed by atoms with Crippen LogP contribution >= 0.6 is 0 Å². The fourth-order valence-electron chi connectivity index (χ4n) is 4.50. The molecule has 0 radical (unpaired) electrons. The van der Waals surface area contributed by atoms with E-state index in [0.29, 0.717) is 11.4 Å². The van der Waals surface area contributed by atoms with Crippen LogP contribution in [0.15, 0.2) is 59.8 Å². The molecule has 0 bridgehead atoms. The van der Waals surface area contributed by atoms with E-state index >= 15 is 0 Å². The minimum Gasteiger partial charge on any atom is -0.371 e. The third-order valence-corrected chi connectivity index (χ3v) is 6.12. The number of hydrogen-bond acceptors (Lipinski definition) is 4. The number of fused-ring (bicyclic) bond motifs is 2. The Hall–Kier alpha value is -3.87. The van der Waals surface area contributed by atoms with Crippen LogP contribution in [-0.2, 0) is 0 Å². The van der Waals surface area contributed by atoms with Gasteiger partial charge >= 0.3 is 0 Å². The number of benzene rings is 1. The smallest absolute Gasteiger partial charge is 0.259 e. The Morgan fingerprint density at radius 1 is 0.935 bits per heavy atom. The Labute approximate surface area is 178 Å². The van der Waals surface area contributed by atoms with E-state index in [4.69, 9.17) is 4.98 Å². The topological polar surface area (TPSA) is 93.5 Å². The minimum absolute atomic E-state index is 0.168. The summed E-state index contributed by atoms with van der Waals surface area (Å²) in [4.78, 5) is 33.5. The number of aromatic nitrogens is 5. The van der Waals surface area contributed by atoms with Crippen LogP contribution in [-0.4, -0.2) is 38.0 Å². The number of imidazole rings is 1. The van der Waals surface area contributed by atoms with E-state index in [1.54, 1.807) is 12.4 Å². The standard InChI is InChI=1S/C24H22N6O/c31-24-19(12-15(14-27-24)17-6-8-25-22-18(17)7-9-26-22)23-28-20-5-4-16(13-21(20)29-23)30-10-2-1-3-11-30/h4-9,12-14H,1-3,10-11H2,(H,25,26)(H,27,31)(H,28,29). The molecular weight excluding hydrogens is 388 g/mol. The molecule has 1 aliphatic heterocycles. The number of anilines is 1. The molecule has 31 heavy (non-hydrogen) atoms. The van der Waals surface area contributed by atoms with Gasteiger partial charge in [-0.3, -0.25) is 4.79 Å². The molecule has 1 aliphatic rings. The zero-order valence-electron chi connectivity index (χ0n) is 17.0. The van der Waals surface area contributed by atoms with Gasteiger partial charge in [0.2, 0.25) is 0 Å². The van der Waals surface area contributed by atoms with Crippen molar-refractivity contribution in [2.75, 3.05) is 18.0 Å². The Kier molecular flexibility index (Phi) is 4.12. The molecule has 1 saturated heterocycles. The zero-order valence-corrected chi connectivity index (χ0v) is 17.0. The predicted octanol–water partition coefficient (Wildman–Crippen LogP) is 4.45. The van der Waals surface area contributed by atoms with E-state index in [9.17, 15) is 4.79 Å². The van der Waals surface area contributed by atoms with Gasteiger partial charge in [-0.15, -0.1) is 0 Å². The lowest BCUT2D eigenvalue weighted by atomic mass is 10.0. The quantitative estimate of drug-likeness (QED) is 0.410. The molecule has 0 amide bonds. The molecular formula is C24H22N6O. The first kappa shape index (κ1) is 17.9. The first-order chi connectivity index (χ1) is 15.3. The molecule has 7 heteroatoms.